The second kappa shape index (κ2) is 5.30. The molecule has 1 aliphatic rings. The number of rotatable bonds is 2. The van der Waals surface area contributed by atoms with Gasteiger partial charge in [-0.3, -0.25) is 4.90 Å². The van der Waals surface area contributed by atoms with Crippen LogP contribution in [0.2, 0.25) is 0 Å². The maximum Gasteiger partial charge on any atom is 0.0233 e. The summed E-state index contributed by atoms with van der Waals surface area (Å²) in [6, 6.07) is 8.90. The molecule has 0 spiro atoms. The topological polar surface area (TPSA) is 3.24 Å². The molecule has 1 atom stereocenters. The summed E-state index contributed by atoms with van der Waals surface area (Å²) in [5.41, 5.74) is 1.45. The Morgan fingerprint density at radius 2 is 2.07 bits per heavy atom. The van der Waals surface area contributed by atoms with Crippen LogP contribution in [0.4, 0.5) is 0 Å². The van der Waals surface area contributed by atoms with Crippen molar-refractivity contribution in [3.8, 4) is 0 Å². The van der Waals surface area contributed by atoms with Crippen LogP contribution in [-0.2, 0) is 6.54 Å². The van der Waals surface area contributed by atoms with E-state index in [2.05, 4.69) is 58.7 Å². The Labute approximate surface area is 106 Å². The number of piperidine rings is 1. The van der Waals surface area contributed by atoms with Crippen LogP contribution in [0.5, 0.6) is 0 Å². The van der Waals surface area contributed by atoms with Crippen LogP contribution in [0, 0.1) is 9.49 Å². The third kappa shape index (κ3) is 3.45. The van der Waals surface area contributed by atoms with Gasteiger partial charge in [0.1, 0.15) is 0 Å². The zero-order chi connectivity index (χ0) is 10.7. The van der Waals surface area contributed by atoms with Crippen molar-refractivity contribution in [3.63, 3.8) is 0 Å². The minimum absolute atomic E-state index is 0.877. The van der Waals surface area contributed by atoms with Crippen LogP contribution in [0.25, 0.3) is 0 Å². The number of likely N-dealkylation sites (tertiary alicyclic amines) is 1. The molecule has 15 heavy (non-hydrogen) atoms. The van der Waals surface area contributed by atoms with Gasteiger partial charge in [-0.05, 0) is 65.6 Å². The van der Waals surface area contributed by atoms with Gasteiger partial charge in [-0.25, -0.2) is 0 Å². The molecule has 1 saturated heterocycles. The molecule has 0 N–H and O–H groups in total. The average Bonchev–Trinajstić information content (AvgIpc) is 2.22. The lowest BCUT2D eigenvalue weighted by molar-refractivity contribution is 0.176. The Hall–Kier alpha value is -0.0900. The number of benzene rings is 1. The maximum atomic E-state index is 2.58. The molecule has 1 nitrogen and oxygen atoms in total. The van der Waals surface area contributed by atoms with Gasteiger partial charge < -0.3 is 0 Å². The molecular weight excluding hydrogens is 297 g/mol. The molecule has 1 aliphatic heterocycles. The quantitative estimate of drug-likeness (QED) is 0.755. The smallest absolute Gasteiger partial charge is 0.0233 e. The van der Waals surface area contributed by atoms with E-state index < -0.39 is 0 Å². The molecule has 1 unspecified atom stereocenters. The molecule has 2 heteroatoms. The summed E-state index contributed by atoms with van der Waals surface area (Å²) in [6.07, 6.45) is 2.77. The van der Waals surface area contributed by atoms with Crippen LogP contribution >= 0.6 is 22.6 Å². The zero-order valence-corrected chi connectivity index (χ0v) is 11.4. The summed E-state index contributed by atoms with van der Waals surface area (Å²) >= 11 is 2.36. The van der Waals surface area contributed by atoms with Gasteiger partial charge in [0.2, 0.25) is 0 Å². The average molecular weight is 315 g/mol. The highest BCUT2D eigenvalue weighted by molar-refractivity contribution is 14.1. The first kappa shape index (κ1) is 11.4. The molecule has 1 aromatic rings. The van der Waals surface area contributed by atoms with Gasteiger partial charge in [-0.15, -0.1) is 0 Å². The van der Waals surface area contributed by atoms with Crippen molar-refractivity contribution in [1.29, 1.82) is 0 Å². The second-order valence-electron chi connectivity index (χ2n) is 4.61. The van der Waals surface area contributed by atoms with Gasteiger partial charge in [-0.1, -0.05) is 19.1 Å². The van der Waals surface area contributed by atoms with Crippen LogP contribution < -0.4 is 0 Å². The van der Waals surface area contributed by atoms with E-state index >= 15 is 0 Å². The number of hydrogen-bond donors (Lipinski definition) is 0. The summed E-state index contributed by atoms with van der Waals surface area (Å²) in [4.78, 5) is 2.58. The normalized spacial score (nSPS) is 22.9. The third-order valence-corrected chi connectivity index (χ3v) is 3.78. The number of halogens is 1. The monoisotopic (exact) mass is 315 g/mol. The second-order valence-corrected chi connectivity index (χ2v) is 5.85. The van der Waals surface area contributed by atoms with E-state index in [0.717, 1.165) is 12.5 Å². The zero-order valence-electron chi connectivity index (χ0n) is 9.25. The Morgan fingerprint density at radius 1 is 1.33 bits per heavy atom. The summed E-state index contributed by atoms with van der Waals surface area (Å²) in [5.74, 6) is 0.877. The minimum atomic E-state index is 0.877. The predicted octanol–water partition coefficient (Wildman–Crippen LogP) is 3.52. The van der Waals surface area contributed by atoms with Crippen molar-refractivity contribution >= 4 is 22.6 Å². The van der Waals surface area contributed by atoms with E-state index in [-0.39, 0.29) is 0 Å². The summed E-state index contributed by atoms with van der Waals surface area (Å²) < 4.78 is 1.32. The SMILES string of the molecule is CC1CCCN(Cc2ccc(I)cc2)C1. The van der Waals surface area contributed by atoms with Crippen LogP contribution in [0.1, 0.15) is 25.3 Å². The first-order valence-corrected chi connectivity index (χ1v) is 6.79. The summed E-state index contributed by atoms with van der Waals surface area (Å²) in [6.45, 7) is 6.03. The van der Waals surface area contributed by atoms with Gasteiger partial charge in [0.25, 0.3) is 0 Å². The third-order valence-electron chi connectivity index (χ3n) is 3.06. The largest absolute Gasteiger partial charge is 0.299 e. The van der Waals surface area contributed by atoms with Crippen molar-refractivity contribution in [2.24, 2.45) is 5.92 Å². The molecule has 1 aromatic carbocycles. The Morgan fingerprint density at radius 3 is 2.73 bits per heavy atom. The Kier molecular flexibility index (Phi) is 4.03. The fraction of sp³-hybridized carbons (Fsp3) is 0.538. The lowest BCUT2D eigenvalue weighted by atomic mass is 10.00. The van der Waals surface area contributed by atoms with E-state index in [4.69, 9.17) is 0 Å². The fourth-order valence-corrected chi connectivity index (χ4v) is 2.64. The van der Waals surface area contributed by atoms with E-state index in [0.29, 0.717) is 0 Å². The molecule has 0 saturated carbocycles. The summed E-state index contributed by atoms with van der Waals surface area (Å²) in [7, 11) is 0. The first-order valence-electron chi connectivity index (χ1n) is 5.71. The van der Waals surface area contributed by atoms with E-state index in [1.165, 1.54) is 35.1 Å². The highest BCUT2D eigenvalue weighted by atomic mass is 127. The van der Waals surface area contributed by atoms with Crippen LogP contribution in [0.3, 0.4) is 0 Å². The first-order chi connectivity index (χ1) is 7.24. The molecule has 0 amide bonds. The van der Waals surface area contributed by atoms with Gasteiger partial charge in [0.15, 0.2) is 0 Å². The molecule has 0 bridgehead atoms. The Balaban J connectivity index is 1.93. The van der Waals surface area contributed by atoms with Crippen molar-refractivity contribution in [2.75, 3.05) is 13.1 Å². The summed E-state index contributed by atoms with van der Waals surface area (Å²) in [5, 5.41) is 0. The number of hydrogen-bond acceptors (Lipinski definition) is 1. The molecule has 82 valence electrons. The highest BCUT2D eigenvalue weighted by Crippen LogP contribution is 2.18. The number of nitrogens with zero attached hydrogens (tertiary/aromatic N) is 1. The standard InChI is InChI=1S/C13H18IN/c1-11-3-2-8-15(9-11)10-12-4-6-13(14)7-5-12/h4-7,11H,2-3,8-10H2,1H3. The lowest BCUT2D eigenvalue weighted by Gasteiger charge is -2.30. The van der Waals surface area contributed by atoms with Gasteiger partial charge in [-0.2, -0.15) is 0 Å². The van der Waals surface area contributed by atoms with E-state index in [9.17, 15) is 0 Å². The molecule has 1 heterocycles. The lowest BCUT2D eigenvalue weighted by Crippen LogP contribution is -2.33. The Bertz CT molecular complexity index is 307. The molecule has 0 radical (unpaired) electrons. The van der Waals surface area contributed by atoms with E-state index in [1.54, 1.807) is 0 Å². The fourth-order valence-electron chi connectivity index (χ4n) is 2.28. The van der Waals surface area contributed by atoms with Crippen molar-refractivity contribution < 1.29 is 0 Å². The molecule has 2 rings (SSSR count). The van der Waals surface area contributed by atoms with Crippen LogP contribution in [-0.4, -0.2) is 18.0 Å². The van der Waals surface area contributed by atoms with Gasteiger partial charge in [0, 0.05) is 16.7 Å². The van der Waals surface area contributed by atoms with Crippen molar-refractivity contribution in [2.45, 2.75) is 26.3 Å². The maximum absolute atomic E-state index is 2.58. The predicted molar refractivity (Wildman–Crippen MR) is 72.8 cm³/mol. The van der Waals surface area contributed by atoms with Crippen LogP contribution in [0.15, 0.2) is 24.3 Å². The minimum Gasteiger partial charge on any atom is -0.299 e. The molecule has 0 aliphatic carbocycles. The molecule has 1 fully saturated rings. The van der Waals surface area contributed by atoms with Crippen molar-refractivity contribution in [3.05, 3.63) is 33.4 Å². The van der Waals surface area contributed by atoms with Crippen molar-refractivity contribution in [1.82, 2.24) is 4.90 Å². The van der Waals surface area contributed by atoms with E-state index in [1.807, 2.05) is 0 Å². The molecular formula is C13H18IN. The highest BCUT2D eigenvalue weighted by Gasteiger charge is 2.15. The molecule has 0 aromatic heterocycles. The van der Waals surface area contributed by atoms with Gasteiger partial charge in [0.05, 0.1) is 0 Å². The van der Waals surface area contributed by atoms with Gasteiger partial charge >= 0.3 is 0 Å².